The lowest BCUT2D eigenvalue weighted by Crippen LogP contribution is -2.34. The molecule has 1 rings (SSSR count). The normalized spacial score (nSPS) is 22.9. The molecule has 0 spiro atoms. The second kappa shape index (κ2) is 5.12. The molecule has 0 aromatic rings. The van der Waals surface area contributed by atoms with E-state index in [0.29, 0.717) is 6.23 Å². The van der Waals surface area contributed by atoms with Crippen molar-refractivity contribution in [3.8, 4) is 0 Å². The minimum absolute atomic E-state index is 0.293. The van der Waals surface area contributed by atoms with Gasteiger partial charge in [-0.1, -0.05) is 12.2 Å². The van der Waals surface area contributed by atoms with E-state index in [-0.39, 0.29) is 0 Å². The SMILES string of the molecule is C=CCN(CC=C)C1CCCO1. The van der Waals surface area contributed by atoms with Crippen LogP contribution in [-0.2, 0) is 4.74 Å². The first kappa shape index (κ1) is 9.49. The average molecular weight is 167 g/mol. The van der Waals surface area contributed by atoms with Crippen LogP contribution in [0, 0.1) is 0 Å². The van der Waals surface area contributed by atoms with E-state index in [0.717, 1.165) is 26.1 Å². The molecule has 1 atom stereocenters. The lowest BCUT2D eigenvalue weighted by atomic mass is 10.3. The van der Waals surface area contributed by atoms with Crippen LogP contribution in [0.1, 0.15) is 12.8 Å². The summed E-state index contributed by atoms with van der Waals surface area (Å²) in [5.41, 5.74) is 0. The quantitative estimate of drug-likeness (QED) is 0.579. The number of rotatable bonds is 5. The Hall–Kier alpha value is -0.600. The molecule has 0 saturated carbocycles. The van der Waals surface area contributed by atoms with Crippen LogP contribution in [0.25, 0.3) is 0 Å². The van der Waals surface area contributed by atoms with Crippen molar-refractivity contribution in [1.29, 1.82) is 0 Å². The van der Waals surface area contributed by atoms with Gasteiger partial charge in [-0.05, 0) is 12.8 Å². The number of hydrogen-bond donors (Lipinski definition) is 0. The van der Waals surface area contributed by atoms with Gasteiger partial charge in [-0.25, -0.2) is 0 Å². The Bertz CT molecular complexity index is 140. The highest BCUT2D eigenvalue weighted by Crippen LogP contribution is 2.15. The topological polar surface area (TPSA) is 12.5 Å². The van der Waals surface area contributed by atoms with Crippen LogP contribution < -0.4 is 0 Å². The maximum Gasteiger partial charge on any atom is 0.111 e. The van der Waals surface area contributed by atoms with E-state index < -0.39 is 0 Å². The summed E-state index contributed by atoms with van der Waals surface area (Å²) in [6.45, 7) is 10.1. The number of ether oxygens (including phenoxy) is 1. The molecule has 2 nitrogen and oxygen atoms in total. The summed E-state index contributed by atoms with van der Waals surface area (Å²) in [4.78, 5) is 2.24. The van der Waals surface area contributed by atoms with Gasteiger partial charge < -0.3 is 4.74 Å². The monoisotopic (exact) mass is 167 g/mol. The summed E-state index contributed by atoms with van der Waals surface area (Å²) in [6, 6.07) is 0. The van der Waals surface area contributed by atoms with Gasteiger partial charge in [0.05, 0.1) is 0 Å². The molecule has 0 bridgehead atoms. The lowest BCUT2D eigenvalue weighted by molar-refractivity contribution is -0.00686. The van der Waals surface area contributed by atoms with Crippen LogP contribution in [0.4, 0.5) is 0 Å². The molecule has 1 unspecified atom stereocenters. The van der Waals surface area contributed by atoms with Crippen molar-refractivity contribution < 1.29 is 4.74 Å². The van der Waals surface area contributed by atoms with Crippen molar-refractivity contribution in [2.75, 3.05) is 19.7 Å². The fraction of sp³-hybridized carbons (Fsp3) is 0.600. The van der Waals surface area contributed by atoms with Crippen molar-refractivity contribution in [2.45, 2.75) is 19.1 Å². The highest BCUT2D eigenvalue weighted by molar-refractivity contribution is 4.82. The first-order valence-electron chi connectivity index (χ1n) is 4.46. The summed E-state index contributed by atoms with van der Waals surface area (Å²) in [6.07, 6.45) is 6.43. The smallest absolute Gasteiger partial charge is 0.111 e. The number of hydrogen-bond acceptors (Lipinski definition) is 2. The molecular formula is C10H17NO. The predicted molar refractivity (Wildman–Crippen MR) is 50.9 cm³/mol. The van der Waals surface area contributed by atoms with E-state index in [4.69, 9.17) is 4.74 Å². The van der Waals surface area contributed by atoms with E-state index >= 15 is 0 Å². The Morgan fingerprint density at radius 1 is 1.33 bits per heavy atom. The Kier molecular flexibility index (Phi) is 4.05. The molecule has 0 aromatic heterocycles. The zero-order chi connectivity index (χ0) is 8.81. The first-order chi connectivity index (χ1) is 5.88. The third-order valence-electron chi connectivity index (χ3n) is 2.04. The van der Waals surface area contributed by atoms with Crippen molar-refractivity contribution in [3.05, 3.63) is 25.3 Å². The third-order valence-corrected chi connectivity index (χ3v) is 2.04. The number of nitrogens with zero attached hydrogens (tertiary/aromatic N) is 1. The van der Waals surface area contributed by atoms with Gasteiger partial charge in [-0.2, -0.15) is 0 Å². The molecule has 0 amide bonds. The van der Waals surface area contributed by atoms with Gasteiger partial charge in [0.15, 0.2) is 0 Å². The third kappa shape index (κ3) is 2.47. The van der Waals surface area contributed by atoms with E-state index in [1.165, 1.54) is 6.42 Å². The van der Waals surface area contributed by atoms with Crippen LogP contribution in [0.5, 0.6) is 0 Å². The Morgan fingerprint density at radius 3 is 2.42 bits per heavy atom. The zero-order valence-corrected chi connectivity index (χ0v) is 7.54. The fourth-order valence-electron chi connectivity index (χ4n) is 1.49. The first-order valence-corrected chi connectivity index (χ1v) is 4.46. The standard InChI is InChI=1S/C10H17NO/c1-3-7-11(8-4-2)10-6-5-9-12-10/h3-4,10H,1-2,5-9H2. The molecule has 0 N–H and O–H groups in total. The second-order valence-electron chi connectivity index (χ2n) is 3.00. The van der Waals surface area contributed by atoms with Crippen LogP contribution in [0.3, 0.4) is 0 Å². The molecule has 1 aliphatic heterocycles. The Morgan fingerprint density at radius 2 is 2.00 bits per heavy atom. The van der Waals surface area contributed by atoms with Gasteiger partial charge in [0, 0.05) is 19.7 Å². The Balaban J connectivity index is 2.38. The predicted octanol–water partition coefficient (Wildman–Crippen LogP) is 1.80. The van der Waals surface area contributed by atoms with Crippen LogP contribution in [0.2, 0.25) is 0 Å². The molecule has 1 aliphatic rings. The molecule has 1 saturated heterocycles. The average Bonchev–Trinajstić information content (AvgIpc) is 2.56. The molecule has 0 aromatic carbocycles. The molecule has 2 heteroatoms. The van der Waals surface area contributed by atoms with Gasteiger partial charge in [0.25, 0.3) is 0 Å². The largest absolute Gasteiger partial charge is 0.363 e. The zero-order valence-electron chi connectivity index (χ0n) is 7.54. The van der Waals surface area contributed by atoms with Crippen LogP contribution in [0.15, 0.2) is 25.3 Å². The van der Waals surface area contributed by atoms with Crippen molar-refractivity contribution in [3.63, 3.8) is 0 Å². The minimum Gasteiger partial charge on any atom is -0.363 e. The molecule has 12 heavy (non-hydrogen) atoms. The summed E-state index contributed by atoms with van der Waals surface area (Å²) >= 11 is 0. The summed E-state index contributed by atoms with van der Waals surface area (Å²) < 4.78 is 5.55. The van der Waals surface area contributed by atoms with Crippen LogP contribution in [-0.4, -0.2) is 30.8 Å². The van der Waals surface area contributed by atoms with E-state index in [1.807, 2.05) is 12.2 Å². The van der Waals surface area contributed by atoms with Crippen molar-refractivity contribution in [1.82, 2.24) is 4.90 Å². The molecule has 0 radical (unpaired) electrons. The Labute approximate surface area is 74.5 Å². The summed E-state index contributed by atoms with van der Waals surface area (Å²) in [5.74, 6) is 0. The van der Waals surface area contributed by atoms with Gasteiger partial charge in [-0.3, -0.25) is 4.90 Å². The maximum atomic E-state index is 5.55. The van der Waals surface area contributed by atoms with E-state index in [9.17, 15) is 0 Å². The van der Waals surface area contributed by atoms with E-state index in [2.05, 4.69) is 18.1 Å². The molecular weight excluding hydrogens is 150 g/mol. The van der Waals surface area contributed by atoms with Gasteiger partial charge >= 0.3 is 0 Å². The highest BCUT2D eigenvalue weighted by atomic mass is 16.5. The van der Waals surface area contributed by atoms with Crippen molar-refractivity contribution >= 4 is 0 Å². The lowest BCUT2D eigenvalue weighted by Gasteiger charge is -2.25. The van der Waals surface area contributed by atoms with Crippen LogP contribution >= 0.6 is 0 Å². The molecule has 68 valence electrons. The van der Waals surface area contributed by atoms with Gasteiger partial charge in [-0.15, -0.1) is 13.2 Å². The molecule has 0 aliphatic carbocycles. The second-order valence-corrected chi connectivity index (χ2v) is 3.00. The molecule has 1 heterocycles. The minimum atomic E-state index is 0.293. The highest BCUT2D eigenvalue weighted by Gasteiger charge is 2.20. The maximum absolute atomic E-state index is 5.55. The van der Waals surface area contributed by atoms with Crippen molar-refractivity contribution in [2.24, 2.45) is 0 Å². The van der Waals surface area contributed by atoms with Gasteiger partial charge in [0.1, 0.15) is 6.23 Å². The van der Waals surface area contributed by atoms with Gasteiger partial charge in [0.2, 0.25) is 0 Å². The molecule has 1 fully saturated rings. The summed E-state index contributed by atoms with van der Waals surface area (Å²) in [5, 5.41) is 0. The summed E-state index contributed by atoms with van der Waals surface area (Å²) in [7, 11) is 0. The fourth-order valence-corrected chi connectivity index (χ4v) is 1.49. The van der Waals surface area contributed by atoms with E-state index in [1.54, 1.807) is 0 Å².